The lowest BCUT2D eigenvalue weighted by atomic mass is 9.85. The number of hydrogen-bond donors (Lipinski definition) is 2. The predicted octanol–water partition coefficient (Wildman–Crippen LogP) is 0.687. The predicted molar refractivity (Wildman–Crippen MR) is 69.6 cm³/mol. The van der Waals surface area contributed by atoms with Crippen LogP contribution in [0.1, 0.15) is 23.1 Å². The third-order valence-corrected chi connectivity index (χ3v) is 5.39. The van der Waals surface area contributed by atoms with E-state index >= 15 is 0 Å². The van der Waals surface area contributed by atoms with E-state index in [1.165, 1.54) is 0 Å². The molecule has 5 heteroatoms. The van der Waals surface area contributed by atoms with Crippen LogP contribution < -0.4 is 10.6 Å². The number of rotatable bonds is 0. The minimum Gasteiger partial charge on any atom is -0.342 e. The first kappa shape index (κ1) is 11.9. The van der Waals surface area contributed by atoms with Crippen LogP contribution in [0.15, 0.2) is 17.0 Å². The number of carbonyl (C=O) groups excluding carboxylic acids is 1. The molecule has 0 aliphatic carbocycles. The molecule has 0 saturated carbocycles. The first-order valence-electron chi connectivity index (χ1n) is 6.08. The van der Waals surface area contributed by atoms with Crippen LogP contribution in [0.25, 0.3) is 0 Å². The maximum atomic E-state index is 12.1. The third kappa shape index (κ3) is 1.47. The van der Waals surface area contributed by atoms with Gasteiger partial charge in [-0.25, -0.2) is 0 Å². The topological polar surface area (TPSA) is 58.2 Å². The fraction of sp³-hybridized carbons (Fsp3) is 0.462. The minimum atomic E-state index is -0.991. The van der Waals surface area contributed by atoms with Crippen molar-refractivity contribution in [2.75, 3.05) is 12.4 Å². The molecule has 1 spiro atoms. The average Bonchev–Trinajstić information content (AvgIpc) is 2.70. The quantitative estimate of drug-likeness (QED) is 0.725. The van der Waals surface area contributed by atoms with Gasteiger partial charge in [0.1, 0.15) is 5.54 Å². The highest BCUT2D eigenvalue weighted by Gasteiger charge is 2.48. The Balaban J connectivity index is 2.26. The molecule has 2 aliphatic heterocycles. The van der Waals surface area contributed by atoms with Crippen molar-refractivity contribution in [1.82, 2.24) is 10.6 Å². The first-order valence-corrected chi connectivity index (χ1v) is 7.40. The Labute approximate surface area is 109 Å². The van der Waals surface area contributed by atoms with Crippen LogP contribution in [0.5, 0.6) is 0 Å². The fourth-order valence-corrected chi connectivity index (χ4v) is 4.23. The highest BCUT2D eigenvalue weighted by Crippen LogP contribution is 2.38. The van der Waals surface area contributed by atoms with E-state index in [-0.39, 0.29) is 5.91 Å². The van der Waals surface area contributed by atoms with Crippen molar-refractivity contribution in [3.05, 3.63) is 28.8 Å². The van der Waals surface area contributed by atoms with Gasteiger partial charge in [-0.05, 0) is 43.0 Å². The summed E-state index contributed by atoms with van der Waals surface area (Å²) in [4.78, 5) is 13.0. The molecule has 2 aliphatic rings. The highest BCUT2D eigenvalue weighted by molar-refractivity contribution is 7.85. The Morgan fingerprint density at radius 1 is 1.28 bits per heavy atom. The Kier molecular flexibility index (Phi) is 2.57. The smallest absolute Gasteiger partial charge is 0.246 e. The SMILES string of the molecule is Cc1cc2c(cc1C)C1(CCS2=O)NCNC1=O. The zero-order valence-corrected chi connectivity index (χ0v) is 11.3. The van der Waals surface area contributed by atoms with Crippen LogP contribution in [0.2, 0.25) is 0 Å². The lowest BCUT2D eigenvalue weighted by Gasteiger charge is -2.33. The normalized spacial score (nSPS) is 30.3. The molecule has 2 heterocycles. The molecular weight excluding hydrogens is 248 g/mol. The van der Waals surface area contributed by atoms with Crippen LogP contribution in [0.3, 0.4) is 0 Å². The molecule has 1 saturated heterocycles. The molecular formula is C13H16N2O2S. The fourth-order valence-electron chi connectivity index (χ4n) is 2.73. The number of nitrogens with one attached hydrogen (secondary N) is 2. The van der Waals surface area contributed by atoms with Crippen molar-refractivity contribution < 1.29 is 9.00 Å². The summed E-state index contributed by atoms with van der Waals surface area (Å²) in [7, 11) is -0.991. The summed E-state index contributed by atoms with van der Waals surface area (Å²) in [5.41, 5.74) is 2.48. The van der Waals surface area contributed by atoms with E-state index < -0.39 is 16.3 Å². The van der Waals surface area contributed by atoms with Gasteiger partial charge in [-0.2, -0.15) is 0 Å². The Morgan fingerprint density at radius 3 is 2.67 bits per heavy atom. The lowest BCUT2D eigenvalue weighted by Crippen LogP contribution is -2.47. The van der Waals surface area contributed by atoms with Gasteiger partial charge < -0.3 is 5.32 Å². The van der Waals surface area contributed by atoms with Crippen LogP contribution in [0, 0.1) is 13.8 Å². The van der Waals surface area contributed by atoms with E-state index in [4.69, 9.17) is 0 Å². The number of aryl methyl sites for hydroxylation is 2. The molecule has 2 N–H and O–H groups in total. The maximum absolute atomic E-state index is 12.1. The molecule has 0 bridgehead atoms. The van der Waals surface area contributed by atoms with E-state index in [1.807, 2.05) is 26.0 Å². The molecule has 2 atom stereocenters. The summed E-state index contributed by atoms with van der Waals surface area (Å²) in [5, 5.41) is 6.07. The van der Waals surface area contributed by atoms with Gasteiger partial charge in [0, 0.05) is 10.6 Å². The van der Waals surface area contributed by atoms with Gasteiger partial charge in [-0.1, -0.05) is 6.07 Å². The van der Waals surface area contributed by atoms with Crippen molar-refractivity contribution in [2.45, 2.75) is 30.7 Å². The van der Waals surface area contributed by atoms with Crippen molar-refractivity contribution in [2.24, 2.45) is 0 Å². The molecule has 0 radical (unpaired) electrons. The molecule has 1 aromatic carbocycles. The summed E-state index contributed by atoms with van der Waals surface area (Å²) in [5.74, 6) is 0.541. The zero-order valence-electron chi connectivity index (χ0n) is 10.5. The van der Waals surface area contributed by atoms with Gasteiger partial charge in [0.15, 0.2) is 0 Å². The number of carbonyl (C=O) groups is 1. The van der Waals surface area contributed by atoms with Crippen LogP contribution in [-0.4, -0.2) is 22.5 Å². The van der Waals surface area contributed by atoms with Crippen LogP contribution in [0.4, 0.5) is 0 Å². The van der Waals surface area contributed by atoms with Crippen molar-refractivity contribution in [3.63, 3.8) is 0 Å². The summed E-state index contributed by atoms with van der Waals surface area (Å²) in [6, 6.07) is 3.98. The van der Waals surface area contributed by atoms with Crippen LogP contribution >= 0.6 is 0 Å². The standard InChI is InChI=1S/C13H16N2O2S/c1-8-5-10-11(6-9(8)2)18(17)4-3-13(10)12(16)14-7-15-13/h5-6,15H,3-4,7H2,1-2H3,(H,14,16). The second-order valence-electron chi connectivity index (χ2n) is 5.00. The largest absolute Gasteiger partial charge is 0.342 e. The summed E-state index contributed by atoms with van der Waals surface area (Å²) < 4.78 is 12.1. The van der Waals surface area contributed by atoms with Gasteiger partial charge in [0.2, 0.25) is 5.91 Å². The monoisotopic (exact) mass is 264 g/mol. The zero-order chi connectivity index (χ0) is 12.9. The van der Waals surface area contributed by atoms with E-state index in [0.717, 1.165) is 21.6 Å². The minimum absolute atomic E-state index is 0.00343. The number of amides is 1. The molecule has 2 unspecified atom stereocenters. The number of fused-ring (bicyclic) bond motifs is 2. The van der Waals surface area contributed by atoms with E-state index in [1.54, 1.807) is 0 Å². The second kappa shape index (κ2) is 3.90. The summed E-state index contributed by atoms with van der Waals surface area (Å²) in [6.07, 6.45) is 0.598. The lowest BCUT2D eigenvalue weighted by molar-refractivity contribution is -0.124. The summed E-state index contributed by atoms with van der Waals surface area (Å²) >= 11 is 0. The molecule has 0 aromatic heterocycles. The second-order valence-corrected chi connectivity index (χ2v) is 6.54. The molecule has 4 nitrogen and oxygen atoms in total. The third-order valence-electron chi connectivity index (χ3n) is 3.99. The van der Waals surface area contributed by atoms with Crippen molar-refractivity contribution in [1.29, 1.82) is 0 Å². The maximum Gasteiger partial charge on any atom is 0.246 e. The van der Waals surface area contributed by atoms with Gasteiger partial charge in [-0.15, -0.1) is 0 Å². The van der Waals surface area contributed by atoms with E-state index in [2.05, 4.69) is 10.6 Å². The van der Waals surface area contributed by atoms with Gasteiger partial charge in [0.25, 0.3) is 0 Å². The molecule has 18 heavy (non-hydrogen) atoms. The number of hydrogen-bond acceptors (Lipinski definition) is 3. The number of benzene rings is 1. The molecule has 1 amide bonds. The van der Waals surface area contributed by atoms with E-state index in [0.29, 0.717) is 18.8 Å². The van der Waals surface area contributed by atoms with E-state index in [9.17, 15) is 9.00 Å². The highest BCUT2D eigenvalue weighted by atomic mass is 32.2. The first-order chi connectivity index (χ1) is 8.54. The Bertz CT molecular complexity index is 570. The molecule has 96 valence electrons. The van der Waals surface area contributed by atoms with Gasteiger partial charge in [-0.3, -0.25) is 14.3 Å². The molecule has 3 rings (SSSR count). The summed E-state index contributed by atoms with van der Waals surface area (Å²) in [6.45, 7) is 4.52. The molecule has 1 fully saturated rings. The Hall–Kier alpha value is -1.20. The average molecular weight is 264 g/mol. The van der Waals surface area contributed by atoms with Crippen molar-refractivity contribution >= 4 is 16.7 Å². The van der Waals surface area contributed by atoms with Crippen LogP contribution in [-0.2, 0) is 21.1 Å². The molecule has 1 aromatic rings. The van der Waals surface area contributed by atoms with Crippen molar-refractivity contribution in [3.8, 4) is 0 Å². The Morgan fingerprint density at radius 2 is 2.00 bits per heavy atom. The van der Waals surface area contributed by atoms with Gasteiger partial charge >= 0.3 is 0 Å². The van der Waals surface area contributed by atoms with Gasteiger partial charge in [0.05, 0.1) is 17.5 Å².